The Labute approximate surface area is 122 Å². The lowest BCUT2D eigenvalue weighted by molar-refractivity contribution is -0.140. The van der Waals surface area contributed by atoms with Gasteiger partial charge in [0.25, 0.3) is 0 Å². The highest BCUT2D eigenvalue weighted by atomic mass is 16.6. The molecule has 5 heteroatoms. The second-order valence-electron chi connectivity index (χ2n) is 4.60. The van der Waals surface area contributed by atoms with Gasteiger partial charge in [-0.1, -0.05) is 24.8 Å². The number of hydrogen-bond donors (Lipinski definition) is 0. The Kier molecular flexibility index (Phi) is 4.42. The van der Waals surface area contributed by atoms with E-state index in [2.05, 4.69) is 6.58 Å². The number of para-hydroxylation sites is 1. The van der Waals surface area contributed by atoms with E-state index in [0.29, 0.717) is 11.2 Å². The summed E-state index contributed by atoms with van der Waals surface area (Å²) in [6, 6.07) is 7.36. The maximum atomic E-state index is 11.9. The molecule has 0 saturated heterocycles. The molecule has 2 rings (SSSR count). The van der Waals surface area contributed by atoms with Gasteiger partial charge in [-0.2, -0.15) is 0 Å². The van der Waals surface area contributed by atoms with E-state index in [0.717, 1.165) is 10.9 Å². The van der Waals surface area contributed by atoms with Gasteiger partial charge in [0.15, 0.2) is 0 Å². The van der Waals surface area contributed by atoms with Gasteiger partial charge in [-0.3, -0.25) is 0 Å². The quantitative estimate of drug-likeness (QED) is 0.480. The number of ether oxygens (including phenoxy) is 2. The second kappa shape index (κ2) is 6.26. The van der Waals surface area contributed by atoms with Crippen molar-refractivity contribution in [2.45, 2.75) is 13.8 Å². The first kappa shape index (κ1) is 14.8. The molecule has 0 amide bonds. The summed E-state index contributed by atoms with van der Waals surface area (Å²) in [5, 5.41) is 0.873. The van der Waals surface area contributed by atoms with Gasteiger partial charge in [-0.25, -0.2) is 9.59 Å². The van der Waals surface area contributed by atoms with Gasteiger partial charge >= 0.3 is 11.9 Å². The third-order valence-corrected chi connectivity index (χ3v) is 2.93. The van der Waals surface area contributed by atoms with Crippen LogP contribution in [0.15, 0.2) is 40.8 Å². The highest BCUT2D eigenvalue weighted by Gasteiger charge is 2.18. The van der Waals surface area contributed by atoms with E-state index in [1.165, 1.54) is 0 Å². The Balaban J connectivity index is 1.95. The normalized spacial score (nSPS) is 10.4. The van der Waals surface area contributed by atoms with Gasteiger partial charge in [0.1, 0.15) is 18.8 Å². The Morgan fingerprint density at radius 1 is 1.19 bits per heavy atom. The zero-order chi connectivity index (χ0) is 15.4. The summed E-state index contributed by atoms with van der Waals surface area (Å²) >= 11 is 0. The van der Waals surface area contributed by atoms with Crippen molar-refractivity contribution in [3.8, 4) is 0 Å². The van der Waals surface area contributed by atoms with Gasteiger partial charge in [0, 0.05) is 16.5 Å². The Hall–Kier alpha value is -2.56. The van der Waals surface area contributed by atoms with Crippen LogP contribution in [0.3, 0.4) is 0 Å². The number of hydrogen-bond acceptors (Lipinski definition) is 5. The number of fused-ring (bicyclic) bond motifs is 1. The molecule has 2 aromatic rings. The molecule has 0 bridgehead atoms. The highest BCUT2D eigenvalue weighted by Crippen LogP contribution is 2.25. The number of furan rings is 1. The highest BCUT2D eigenvalue weighted by molar-refractivity contribution is 5.95. The Morgan fingerprint density at radius 3 is 2.52 bits per heavy atom. The van der Waals surface area contributed by atoms with E-state index in [-0.39, 0.29) is 19.0 Å². The Morgan fingerprint density at radius 2 is 1.86 bits per heavy atom. The van der Waals surface area contributed by atoms with E-state index in [4.69, 9.17) is 13.9 Å². The Bertz CT molecular complexity index is 696. The lowest BCUT2D eigenvalue weighted by atomic mass is 10.1. The van der Waals surface area contributed by atoms with Crippen LogP contribution < -0.4 is 0 Å². The fourth-order valence-corrected chi connectivity index (χ4v) is 1.83. The van der Waals surface area contributed by atoms with E-state index >= 15 is 0 Å². The van der Waals surface area contributed by atoms with Crippen molar-refractivity contribution in [2.75, 3.05) is 13.2 Å². The van der Waals surface area contributed by atoms with Gasteiger partial charge in [0.05, 0.1) is 0 Å². The minimum atomic E-state index is -0.574. The summed E-state index contributed by atoms with van der Waals surface area (Å²) in [7, 11) is 0. The minimum absolute atomic E-state index is 0.0172. The van der Waals surface area contributed by atoms with Crippen molar-refractivity contribution in [1.29, 1.82) is 0 Å². The number of carbonyl (C=O) groups excluding carboxylic acids is 2. The molecule has 0 N–H and O–H groups in total. The van der Waals surface area contributed by atoms with Crippen molar-refractivity contribution in [1.82, 2.24) is 0 Å². The monoisotopic (exact) mass is 288 g/mol. The largest absolute Gasteiger partial charge is 0.459 e. The maximum absolute atomic E-state index is 11.9. The molecule has 0 unspecified atom stereocenters. The molecule has 5 nitrogen and oxygen atoms in total. The van der Waals surface area contributed by atoms with Crippen LogP contribution in [0.4, 0.5) is 0 Å². The molecule has 110 valence electrons. The minimum Gasteiger partial charge on any atom is -0.459 e. The molecule has 0 aliphatic carbocycles. The second-order valence-corrected chi connectivity index (χ2v) is 4.60. The molecular weight excluding hydrogens is 272 g/mol. The predicted molar refractivity (Wildman–Crippen MR) is 77.0 cm³/mol. The van der Waals surface area contributed by atoms with Crippen LogP contribution in [0.2, 0.25) is 0 Å². The molecule has 1 heterocycles. The van der Waals surface area contributed by atoms with Crippen LogP contribution in [0, 0.1) is 6.92 Å². The molecule has 0 atom stereocenters. The van der Waals surface area contributed by atoms with Gasteiger partial charge in [0.2, 0.25) is 5.76 Å². The standard InChI is InChI=1S/C16H16O5/c1-10(2)15(17)19-8-9-20-16(18)14-11(3)12-6-4-5-7-13(12)21-14/h4-7H,1,8-9H2,2-3H3. The maximum Gasteiger partial charge on any atom is 0.374 e. The van der Waals surface area contributed by atoms with Crippen molar-refractivity contribution >= 4 is 22.9 Å². The number of aryl methyl sites for hydroxylation is 1. The van der Waals surface area contributed by atoms with Crippen LogP contribution >= 0.6 is 0 Å². The van der Waals surface area contributed by atoms with Crippen LogP contribution in [-0.4, -0.2) is 25.2 Å². The molecule has 21 heavy (non-hydrogen) atoms. The molecule has 0 spiro atoms. The molecule has 0 aliphatic rings. The summed E-state index contributed by atoms with van der Waals surface area (Å²) < 4.78 is 15.3. The molecular formula is C16H16O5. The zero-order valence-electron chi connectivity index (χ0n) is 12.0. The smallest absolute Gasteiger partial charge is 0.374 e. The van der Waals surface area contributed by atoms with Gasteiger partial charge in [-0.05, 0) is 19.9 Å². The van der Waals surface area contributed by atoms with Crippen molar-refractivity contribution in [3.05, 3.63) is 47.7 Å². The van der Waals surface area contributed by atoms with E-state index in [1.807, 2.05) is 18.2 Å². The molecule has 0 fully saturated rings. The third kappa shape index (κ3) is 3.31. The summed E-state index contributed by atoms with van der Waals surface area (Å²) in [4.78, 5) is 23.1. The lowest BCUT2D eigenvalue weighted by Gasteiger charge is -2.05. The fourth-order valence-electron chi connectivity index (χ4n) is 1.83. The predicted octanol–water partition coefficient (Wildman–Crippen LogP) is 3.02. The van der Waals surface area contributed by atoms with Crippen LogP contribution in [0.25, 0.3) is 11.0 Å². The van der Waals surface area contributed by atoms with Crippen molar-refractivity contribution < 1.29 is 23.5 Å². The van der Waals surface area contributed by atoms with Gasteiger partial charge < -0.3 is 13.9 Å². The van der Waals surface area contributed by atoms with Gasteiger partial charge in [-0.15, -0.1) is 0 Å². The summed E-state index contributed by atoms with van der Waals surface area (Å²) in [6.07, 6.45) is 0. The average Bonchev–Trinajstić information content (AvgIpc) is 2.81. The SMILES string of the molecule is C=C(C)C(=O)OCCOC(=O)c1oc2ccccc2c1C. The first-order valence-corrected chi connectivity index (χ1v) is 6.48. The fraction of sp³-hybridized carbons (Fsp3) is 0.250. The van der Waals surface area contributed by atoms with Crippen molar-refractivity contribution in [2.24, 2.45) is 0 Å². The molecule has 0 aliphatic heterocycles. The third-order valence-electron chi connectivity index (χ3n) is 2.93. The average molecular weight is 288 g/mol. The van der Waals surface area contributed by atoms with E-state index in [9.17, 15) is 9.59 Å². The summed E-state index contributed by atoms with van der Waals surface area (Å²) in [5.41, 5.74) is 1.67. The van der Waals surface area contributed by atoms with Crippen LogP contribution in [0.5, 0.6) is 0 Å². The molecule has 0 radical (unpaired) electrons. The lowest BCUT2D eigenvalue weighted by Crippen LogP contribution is -2.14. The van der Waals surface area contributed by atoms with E-state index in [1.54, 1.807) is 19.9 Å². The number of benzene rings is 1. The molecule has 1 aromatic heterocycles. The zero-order valence-corrected chi connectivity index (χ0v) is 12.0. The van der Waals surface area contributed by atoms with Crippen LogP contribution in [-0.2, 0) is 14.3 Å². The van der Waals surface area contributed by atoms with E-state index < -0.39 is 11.9 Å². The number of rotatable bonds is 5. The first-order chi connectivity index (χ1) is 10.0. The number of esters is 2. The molecule has 1 aromatic carbocycles. The summed E-state index contributed by atoms with van der Waals surface area (Å²) in [6.45, 7) is 6.75. The number of carbonyl (C=O) groups is 2. The summed E-state index contributed by atoms with van der Waals surface area (Å²) in [5.74, 6) is -0.913. The van der Waals surface area contributed by atoms with Crippen LogP contribution in [0.1, 0.15) is 23.0 Å². The van der Waals surface area contributed by atoms with Crippen molar-refractivity contribution in [3.63, 3.8) is 0 Å². The molecule has 0 saturated carbocycles. The first-order valence-electron chi connectivity index (χ1n) is 6.48. The topological polar surface area (TPSA) is 65.7 Å².